The van der Waals surface area contributed by atoms with Crippen LogP contribution in [0.3, 0.4) is 0 Å². The number of aryl methyl sites for hydroxylation is 2. The topological polar surface area (TPSA) is 69.3 Å². The van der Waals surface area contributed by atoms with Crippen LogP contribution in [0.15, 0.2) is 30.3 Å². The molecule has 1 unspecified atom stereocenters. The number of hydrogen-bond donors (Lipinski definition) is 0. The van der Waals surface area contributed by atoms with E-state index in [4.69, 9.17) is 14.2 Å². The molecule has 36 heavy (non-hydrogen) atoms. The lowest BCUT2D eigenvalue weighted by molar-refractivity contribution is -0.263. The average Bonchev–Trinajstić information content (AvgIpc) is 3.14. The van der Waals surface area contributed by atoms with E-state index in [1.807, 2.05) is 6.07 Å². The number of nitriles is 1. The van der Waals surface area contributed by atoms with Crippen LogP contribution in [0.25, 0.3) is 11.0 Å². The molecule has 6 nitrogen and oxygen atoms in total. The number of rotatable bonds is 9. The molecule has 0 amide bonds. The van der Waals surface area contributed by atoms with Gasteiger partial charge in [0.1, 0.15) is 12.5 Å². The Balaban J connectivity index is 2.35. The number of aromatic nitrogens is 2. The molecular weight excluding hydrogens is 487 g/mol. The molecule has 3 aromatic rings. The summed E-state index contributed by atoms with van der Waals surface area (Å²) < 4.78 is 63.8. The fourth-order valence-corrected chi connectivity index (χ4v) is 5.11. The molecule has 1 atom stereocenters. The Morgan fingerprint density at radius 2 is 1.78 bits per heavy atom. The molecular formula is C26H32F3N3O3Si. The number of imidazole rings is 1. The van der Waals surface area contributed by atoms with Crippen molar-refractivity contribution >= 4 is 19.1 Å². The molecule has 0 aliphatic heterocycles. The highest BCUT2D eigenvalue weighted by atomic mass is 28.3. The molecule has 0 fully saturated rings. The molecule has 0 saturated heterocycles. The zero-order valence-corrected chi connectivity index (χ0v) is 22.7. The third kappa shape index (κ3) is 5.14. The van der Waals surface area contributed by atoms with Gasteiger partial charge in [0.25, 0.3) is 5.60 Å². The molecule has 3 rings (SSSR count). The van der Waals surface area contributed by atoms with Gasteiger partial charge in [-0.1, -0.05) is 25.7 Å². The van der Waals surface area contributed by atoms with Crippen LogP contribution in [0.2, 0.25) is 25.7 Å². The number of alkyl halides is 3. The van der Waals surface area contributed by atoms with E-state index in [9.17, 15) is 5.26 Å². The van der Waals surface area contributed by atoms with E-state index in [1.54, 1.807) is 26.0 Å². The Hall–Kier alpha value is -2.87. The fourth-order valence-electron chi connectivity index (χ4n) is 4.36. The third-order valence-corrected chi connectivity index (χ3v) is 7.83. The molecule has 0 N–H and O–H groups in total. The minimum Gasteiger partial charge on any atom is -0.496 e. The summed E-state index contributed by atoms with van der Waals surface area (Å²) in [6.45, 7) is 10.2. The highest BCUT2D eigenvalue weighted by Crippen LogP contribution is 2.51. The van der Waals surface area contributed by atoms with Gasteiger partial charge >= 0.3 is 6.18 Å². The van der Waals surface area contributed by atoms with Crippen LogP contribution < -0.4 is 4.74 Å². The maximum Gasteiger partial charge on any atom is 0.429 e. The maximum absolute atomic E-state index is 15.2. The molecule has 0 spiro atoms. The molecule has 1 aromatic heterocycles. The van der Waals surface area contributed by atoms with Crippen molar-refractivity contribution in [2.75, 3.05) is 20.8 Å². The van der Waals surface area contributed by atoms with E-state index in [0.717, 1.165) is 18.7 Å². The second-order valence-corrected chi connectivity index (χ2v) is 15.7. The second-order valence-electron chi connectivity index (χ2n) is 10.1. The van der Waals surface area contributed by atoms with Gasteiger partial charge in [-0.25, -0.2) is 4.98 Å². The summed E-state index contributed by atoms with van der Waals surface area (Å²) in [4.78, 5) is 4.42. The predicted octanol–water partition coefficient (Wildman–Crippen LogP) is 6.30. The summed E-state index contributed by atoms with van der Waals surface area (Å²) in [7, 11) is 0.919. The summed E-state index contributed by atoms with van der Waals surface area (Å²) in [5, 5.41) is 9.41. The number of ether oxygens (including phenoxy) is 3. The highest BCUT2D eigenvalue weighted by molar-refractivity contribution is 6.76. The van der Waals surface area contributed by atoms with Gasteiger partial charge < -0.3 is 18.8 Å². The largest absolute Gasteiger partial charge is 0.496 e. The van der Waals surface area contributed by atoms with Gasteiger partial charge in [-0.2, -0.15) is 18.4 Å². The van der Waals surface area contributed by atoms with Crippen molar-refractivity contribution in [2.45, 2.75) is 58.0 Å². The van der Waals surface area contributed by atoms with E-state index >= 15 is 13.2 Å². The van der Waals surface area contributed by atoms with Crippen molar-refractivity contribution in [3.63, 3.8) is 0 Å². The summed E-state index contributed by atoms with van der Waals surface area (Å²) in [6.07, 6.45) is -4.91. The Morgan fingerprint density at radius 3 is 2.33 bits per heavy atom. The standard InChI is InChI=1S/C26H32F3N3O3Si/c1-17-12-18(2)23(22(13-17)33-3)25(34-4,26(27,28)29)24-31-20-9-8-19(15-30)14-21(20)32(24)16-35-10-11-36(5,6)7/h8-9,12-14H,10-11,16H2,1-7H3. The fraction of sp³-hybridized carbons (Fsp3) is 0.462. The first kappa shape index (κ1) is 27.7. The van der Waals surface area contributed by atoms with Crippen LogP contribution in [0.1, 0.15) is 28.1 Å². The lowest BCUT2D eigenvalue weighted by atomic mass is 9.86. The van der Waals surface area contributed by atoms with Crippen LogP contribution in [-0.2, 0) is 21.8 Å². The highest BCUT2D eigenvalue weighted by Gasteiger charge is 2.63. The summed E-state index contributed by atoms with van der Waals surface area (Å²) in [5.41, 5.74) is -1.08. The molecule has 194 valence electrons. The van der Waals surface area contributed by atoms with Crippen LogP contribution in [0, 0.1) is 25.2 Å². The molecule has 1 heterocycles. The normalized spacial score (nSPS) is 14.0. The van der Waals surface area contributed by atoms with Crippen LogP contribution in [0.4, 0.5) is 13.2 Å². The Morgan fingerprint density at radius 1 is 1.08 bits per heavy atom. The van der Waals surface area contributed by atoms with Crippen molar-refractivity contribution in [3.05, 3.63) is 58.4 Å². The number of benzene rings is 2. The third-order valence-electron chi connectivity index (χ3n) is 6.13. The van der Waals surface area contributed by atoms with E-state index in [2.05, 4.69) is 24.6 Å². The number of hydrogen-bond acceptors (Lipinski definition) is 5. The molecule has 0 radical (unpaired) electrons. The van der Waals surface area contributed by atoms with E-state index in [-0.39, 0.29) is 23.9 Å². The molecule has 0 bridgehead atoms. The van der Waals surface area contributed by atoms with E-state index in [0.29, 0.717) is 28.8 Å². The monoisotopic (exact) mass is 519 g/mol. The van der Waals surface area contributed by atoms with Crippen LogP contribution in [-0.4, -0.2) is 44.6 Å². The number of halogens is 3. The van der Waals surface area contributed by atoms with Gasteiger partial charge in [0.05, 0.1) is 29.8 Å². The zero-order chi connectivity index (χ0) is 26.9. The minimum absolute atomic E-state index is 0.0441. The van der Waals surface area contributed by atoms with Gasteiger partial charge in [0.2, 0.25) is 0 Å². The van der Waals surface area contributed by atoms with Gasteiger partial charge in [0, 0.05) is 27.4 Å². The quantitative estimate of drug-likeness (QED) is 0.245. The van der Waals surface area contributed by atoms with Crippen molar-refractivity contribution in [2.24, 2.45) is 0 Å². The summed E-state index contributed by atoms with van der Waals surface area (Å²) in [5.74, 6) is -0.344. The first-order valence-corrected chi connectivity index (χ1v) is 15.3. The lowest BCUT2D eigenvalue weighted by Crippen LogP contribution is -2.48. The van der Waals surface area contributed by atoms with Gasteiger partial charge in [-0.05, 0) is 55.3 Å². The smallest absolute Gasteiger partial charge is 0.429 e. The predicted molar refractivity (Wildman–Crippen MR) is 135 cm³/mol. The molecule has 10 heteroatoms. The minimum atomic E-state index is -4.91. The molecule has 0 aliphatic rings. The van der Waals surface area contributed by atoms with Crippen molar-refractivity contribution < 1.29 is 27.4 Å². The van der Waals surface area contributed by atoms with E-state index in [1.165, 1.54) is 29.9 Å². The van der Waals surface area contributed by atoms with Gasteiger partial charge in [-0.15, -0.1) is 0 Å². The molecule has 0 aliphatic carbocycles. The van der Waals surface area contributed by atoms with Crippen molar-refractivity contribution in [1.82, 2.24) is 9.55 Å². The number of methoxy groups -OCH3 is 2. The maximum atomic E-state index is 15.2. The molecule has 0 saturated carbocycles. The van der Waals surface area contributed by atoms with Crippen molar-refractivity contribution in [1.29, 1.82) is 5.26 Å². The lowest BCUT2D eigenvalue weighted by Gasteiger charge is -2.36. The van der Waals surface area contributed by atoms with Gasteiger partial charge in [0.15, 0.2) is 5.82 Å². The summed E-state index contributed by atoms with van der Waals surface area (Å²) in [6, 6.07) is 10.7. The van der Waals surface area contributed by atoms with Crippen LogP contribution >= 0.6 is 0 Å². The first-order valence-electron chi connectivity index (χ1n) is 11.5. The Kier molecular flexibility index (Phi) is 7.88. The Labute approximate surface area is 210 Å². The molecule has 2 aromatic carbocycles. The van der Waals surface area contributed by atoms with Crippen LogP contribution in [0.5, 0.6) is 5.75 Å². The van der Waals surface area contributed by atoms with E-state index < -0.39 is 19.9 Å². The zero-order valence-electron chi connectivity index (χ0n) is 21.7. The first-order chi connectivity index (χ1) is 16.8. The number of nitrogens with zero attached hydrogens (tertiary/aromatic N) is 3. The average molecular weight is 520 g/mol. The Bertz CT molecular complexity index is 1290. The SMILES string of the molecule is COc1cc(C)cc(C)c1C(OC)(c1nc2ccc(C#N)cc2n1COCC[Si](C)(C)C)C(F)(F)F. The second kappa shape index (κ2) is 10.2. The summed E-state index contributed by atoms with van der Waals surface area (Å²) >= 11 is 0. The number of fused-ring (bicyclic) bond motifs is 1. The van der Waals surface area contributed by atoms with Crippen molar-refractivity contribution in [3.8, 4) is 11.8 Å². The van der Waals surface area contributed by atoms with Gasteiger partial charge in [-0.3, -0.25) is 0 Å².